The molecule has 6 nitrogen and oxygen atoms in total. The molecule has 0 rings (SSSR count). The topological polar surface area (TPSA) is 107 Å². The number of aliphatic carboxylic acids is 2. The molecule has 1 unspecified atom stereocenters. The fourth-order valence-corrected chi connectivity index (χ4v) is 2.78. The van der Waals surface area contributed by atoms with Crippen LogP contribution in [0.4, 0.5) is 0 Å². The Bertz CT molecular complexity index is 367. The van der Waals surface area contributed by atoms with E-state index in [-0.39, 0.29) is 13.2 Å². The van der Waals surface area contributed by atoms with Gasteiger partial charge in [0.05, 0.1) is 12.5 Å². The Labute approximate surface area is 120 Å². The molecule has 0 aromatic heterocycles. The first-order chi connectivity index (χ1) is 8.82. The first-order valence-electron chi connectivity index (χ1n) is 6.64. The number of carbonyl (C=O) groups is 2. The fourth-order valence-electron chi connectivity index (χ4n) is 2.78. The highest BCUT2D eigenvalue weighted by molar-refractivity contribution is 5.88. The van der Waals surface area contributed by atoms with Crippen molar-refractivity contribution in [3.05, 3.63) is 0 Å². The highest BCUT2D eigenvalue weighted by atomic mass is 16.4. The van der Waals surface area contributed by atoms with E-state index in [0.29, 0.717) is 0 Å². The fraction of sp³-hybridized carbons (Fsp3) is 0.857. The number of carboxylic acids is 2. The molecule has 2 atom stereocenters. The molecule has 0 saturated heterocycles. The molecule has 0 spiro atoms. The maximum atomic E-state index is 12.0. The van der Waals surface area contributed by atoms with E-state index >= 15 is 0 Å². The van der Waals surface area contributed by atoms with Crippen LogP contribution in [0.2, 0.25) is 0 Å². The Morgan fingerprint density at radius 3 is 1.70 bits per heavy atom. The van der Waals surface area contributed by atoms with E-state index in [2.05, 4.69) is 5.32 Å². The summed E-state index contributed by atoms with van der Waals surface area (Å²) in [5.74, 6) is -3.54. The number of aliphatic hydroxyl groups excluding tert-OH is 1. The zero-order chi connectivity index (χ0) is 16.4. The van der Waals surface area contributed by atoms with Gasteiger partial charge in [0.2, 0.25) is 0 Å². The second-order valence-corrected chi connectivity index (χ2v) is 7.15. The molecule has 0 aromatic rings. The quantitative estimate of drug-likeness (QED) is 0.585. The predicted octanol–water partition coefficient (Wildman–Crippen LogP) is 1.18. The molecule has 0 aliphatic rings. The third-order valence-electron chi connectivity index (χ3n) is 3.58. The molecule has 118 valence electrons. The van der Waals surface area contributed by atoms with E-state index in [9.17, 15) is 19.8 Å². The van der Waals surface area contributed by atoms with Gasteiger partial charge >= 0.3 is 11.9 Å². The summed E-state index contributed by atoms with van der Waals surface area (Å²) in [5.41, 5.74) is -3.30. The molecule has 0 fully saturated rings. The highest BCUT2D eigenvalue weighted by Crippen LogP contribution is 2.45. The summed E-state index contributed by atoms with van der Waals surface area (Å²) >= 11 is 0. The van der Waals surface area contributed by atoms with Crippen molar-refractivity contribution >= 4 is 11.9 Å². The number of rotatable bonds is 6. The van der Waals surface area contributed by atoms with Gasteiger partial charge in [0, 0.05) is 6.54 Å². The number of hydrogen-bond donors (Lipinski definition) is 4. The van der Waals surface area contributed by atoms with E-state index in [4.69, 9.17) is 5.11 Å². The van der Waals surface area contributed by atoms with Gasteiger partial charge < -0.3 is 15.3 Å². The lowest BCUT2D eigenvalue weighted by Crippen LogP contribution is -2.69. The summed E-state index contributed by atoms with van der Waals surface area (Å²) in [5, 5.41) is 31.1. The Morgan fingerprint density at radius 2 is 1.50 bits per heavy atom. The summed E-state index contributed by atoms with van der Waals surface area (Å²) in [7, 11) is 0. The Morgan fingerprint density at radius 1 is 1.05 bits per heavy atom. The molecule has 0 aliphatic carbocycles. The minimum absolute atomic E-state index is 0.0173. The lowest BCUT2D eigenvalue weighted by Gasteiger charge is -2.49. The summed E-state index contributed by atoms with van der Waals surface area (Å²) in [6.45, 7) is 9.93. The van der Waals surface area contributed by atoms with Crippen LogP contribution < -0.4 is 5.32 Å². The molecule has 0 radical (unpaired) electrons. The van der Waals surface area contributed by atoms with Crippen molar-refractivity contribution < 1.29 is 24.9 Å². The van der Waals surface area contributed by atoms with Crippen molar-refractivity contribution in [3.8, 4) is 0 Å². The summed E-state index contributed by atoms with van der Waals surface area (Å²) in [4.78, 5) is 23.7. The van der Waals surface area contributed by atoms with Gasteiger partial charge in [-0.05, 0) is 10.8 Å². The minimum atomic E-state index is -1.68. The van der Waals surface area contributed by atoms with Crippen molar-refractivity contribution in [2.45, 2.75) is 47.1 Å². The summed E-state index contributed by atoms with van der Waals surface area (Å²) in [6, 6.07) is 0. The number of hydrogen-bond acceptors (Lipinski definition) is 4. The first kappa shape index (κ1) is 18.9. The SMILES string of the molecule is CC(C)(C)C(C(=O)O)[C@@](NCCO)(C(=O)O)C(C)(C)C. The zero-order valence-corrected chi connectivity index (χ0v) is 13.1. The van der Waals surface area contributed by atoms with E-state index in [0.717, 1.165) is 0 Å². The molecule has 0 aliphatic heterocycles. The van der Waals surface area contributed by atoms with E-state index in [1.165, 1.54) is 0 Å². The van der Waals surface area contributed by atoms with Crippen LogP contribution in [0.1, 0.15) is 41.5 Å². The number of β-amino-alcohol motifs (C(OH)–C–C–N with tert-alkyl or cyclic N) is 1. The van der Waals surface area contributed by atoms with Crippen LogP contribution in [0.5, 0.6) is 0 Å². The average Bonchev–Trinajstić information content (AvgIpc) is 2.18. The highest BCUT2D eigenvalue weighted by Gasteiger charge is 2.60. The van der Waals surface area contributed by atoms with Crippen molar-refractivity contribution in [1.82, 2.24) is 5.32 Å². The summed E-state index contributed by atoms with van der Waals surface area (Å²) in [6.07, 6.45) is 0. The van der Waals surface area contributed by atoms with Crippen molar-refractivity contribution in [3.63, 3.8) is 0 Å². The minimum Gasteiger partial charge on any atom is -0.481 e. The van der Waals surface area contributed by atoms with Crippen LogP contribution in [-0.4, -0.2) is 45.9 Å². The van der Waals surface area contributed by atoms with Gasteiger partial charge in [0.15, 0.2) is 0 Å². The molecule has 0 aromatic carbocycles. The smallest absolute Gasteiger partial charge is 0.325 e. The lowest BCUT2D eigenvalue weighted by atomic mass is 9.58. The monoisotopic (exact) mass is 289 g/mol. The third-order valence-corrected chi connectivity index (χ3v) is 3.58. The van der Waals surface area contributed by atoms with Crippen LogP contribution in [0.15, 0.2) is 0 Å². The largest absolute Gasteiger partial charge is 0.481 e. The molecular formula is C14H27NO5. The van der Waals surface area contributed by atoms with E-state index in [1.807, 2.05) is 0 Å². The molecule has 0 bridgehead atoms. The van der Waals surface area contributed by atoms with Crippen LogP contribution in [-0.2, 0) is 9.59 Å². The number of aliphatic hydroxyl groups is 1. The van der Waals surface area contributed by atoms with Gasteiger partial charge in [-0.3, -0.25) is 14.9 Å². The lowest BCUT2D eigenvalue weighted by molar-refractivity contribution is -0.170. The predicted molar refractivity (Wildman–Crippen MR) is 75.5 cm³/mol. The normalized spacial score (nSPS) is 17.4. The maximum Gasteiger partial charge on any atom is 0.325 e. The van der Waals surface area contributed by atoms with Gasteiger partial charge in [-0.1, -0.05) is 41.5 Å². The zero-order valence-electron chi connectivity index (χ0n) is 13.1. The third kappa shape index (κ3) is 3.49. The van der Waals surface area contributed by atoms with Crippen molar-refractivity contribution in [2.24, 2.45) is 16.7 Å². The molecule has 20 heavy (non-hydrogen) atoms. The van der Waals surface area contributed by atoms with Crippen LogP contribution in [0, 0.1) is 16.7 Å². The Kier molecular flexibility index (Phi) is 5.75. The Balaban J connectivity index is 6.19. The van der Waals surface area contributed by atoms with Gasteiger partial charge in [-0.15, -0.1) is 0 Å². The standard InChI is InChI=1S/C14H27NO5/c1-12(2,3)9(10(17)18)14(11(19)20,13(4,5)6)15-7-8-16/h9,15-16H,7-8H2,1-6H3,(H,17,18)(H,19,20)/t9?,14-/m1/s1. The van der Waals surface area contributed by atoms with Gasteiger partial charge in [-0.2, -0.15) is 0 Å². The second-order valence-electron chi connectivity index (χ2n) is 7.15. The van der Waals surface area contributed by atoms with Crippen molar-refractivity contribution in [1.29, 1.82) is 0 Å². The Hall–Kier alpha value is -1.14. The maximum absolute atomic E-state index is 12.0. The van der Waals surface area contributed by atoms with Gasteiger partial charge in [-0.25, -0.2) is 0 Å². The second kappa shape index (κ2) is 6.10. The molecular weight excluding hydrogens is 262 g/mol. The van der Waals surface area contributed by atoms with Gasteiger partial charge in [0.1, 0.15) is 5.54 Å². The molecule has 6 heteroatoms. The van der Waals surface area contributed by atoms with Crippen molar-refractivity contribution in [2.75, 3.05) is 13.2 Å². The average molecular weight is 289 g/mol. The first-order valence-corrected chi connectivity index (χ1v) is 6.64. The van der Waals surface area contributed by atoms with Crippen LogP contribution >= 0.6 is 0 Å². The molecule has 0 saturated carbocycles. The molecule has 4 N–H and O–H groups in total. The van der Waals surface area contributed by atoms with Gasteiger partial charge in [0.25, 0.3) is 0 Å². The summed E-state index contributed by atoms with van der Waals surface area (Å²) < 4.78 is 0. The molecule has 0 heterocycles. The van der Waals surface area contributed by atoms with Crippen LogP contribution in [0.25, 0.3) is 0 Å². The number of carboxylic acid groups (broad SMARTS) is 2. The van der Waals surface area contributed by atoms with Crippen LogP contribution in [0.3, 0.4) is 0 Å². The van der Waals surface area contributed by atoms with E-state index in [1.54, 1.807) is 41.5 Å². The molecule has 0 amide bonds. The van der Waals surface area contributed by atoms with E-state index < -0.39 is 34.2 Å². The number of nitrogens with one attached hydrogen (secondary N) is 1.